The van der Waals surface area contributed by atoms with Crippen LogP contribution in [0.2, 0.25) is 5.02 Å². The fourth-order valence-electron chi connectivity index (χ4n) is 2.86. The zero-order valence-corrected chi connectivity index (χ0v) is 15.7. The lowest BCUT2D eigenvalue weighted by Gasteiger charge is -2.14. The van der Waals surface area contributed by atoms with Gasteiger partial charge in [0, 0.05) is 23.8 Å². The Kier molecular flexibility index (Phi) is 5.59. The highest BCUT2D eigenvalue weighted by Gasteiger charge is 2.14. The molecule has 6 heteroatoms. The molecule has 0 spiro atoms. The van der Waals surface area contributed by atoms with Crippen molar-refractivity contribution in [1.82, 2.24) is 15.1 Å². The van der Waals surface area contributed by atoms with Gasteiger partial charge in [-0.05, 0) is 55.8 Å². The van der Waals surface area contributed by atoms with Gasteiger partial charge in [-0.2, -0.15) is 5.10 Å². The number of methoxy groups -OCH3 is 1. The van der Waals surface area contributed by atoms with Gasteiger partial charge in [-0.3, -0.25) is 0 Å². The highest BCUT2D eigenvalue weighted by atomic mass is 35.5. The second-order valence-corrected chi connectivity index (χ2v) is 6.55. The maximum atomic E-state index is 13.6. The average molecular weight is 374 g/mol. The summed E-state index contributed by atoms with van der Waals surface area (Å²) >= 11 is 5.73. The van der Waals surface area contributed by atoms with Crippen LogP contribution in [0.5, 0.6) is 5.75 Å². The van der Waals surface area contributed by atoms with Gasteiger partial charge >= 0.3 is 0 Å². The van der Waals surface area contributed by atoms with Crippen molar-refractivity contribution >= 4 is 11.6 Å². The van der Waals surface area contributed by atoms with E-state index in [0.717, 1.165) is 28.3 Å². The van der Waals surface area contributed by atoms with Crippen LogP contribution in [0, 0.1) is 12.7 Å². The van der Waals surface area contributed by atoms with E-state index in [-0.39, 0.29) is 11.1 Å². The Morgan fingerprint density at radius 3 is 2.62 bits per heavy atom. The van der Waals surface area contributed by atoms with Gasteiger partial charge in [0.15, 0.2) is 0 Å². The monoisotopic (exact) mass is 373 g/mol. The summed E-state index contributed by atoms with van der Waals surface area (Å²) in [5, 5.41) is 8.04. The molecule has 0 saturated carbocycles. The highest BCUT2D eigenvalue weighted by Crippen LogP contribution is 2.22. The molecule has 136 valence electrons. The fourth-order valence-corrected chi connectivity index (χ4v) is 2.98. The third kappa shape index (κ3) is 3.89. The summed E-state index contributed by atoms with van der Waals surface area (Å²) < 4.78 is 20.6. The van der Waals surface area contributed by atoms with Crippen LogP contribution in [-0.2, 0) is 6.54 Å². The van der Waals surface area contributed by atoms with E-state index in [0.29, 0.717) is 6.54 Å². The summed E-state index contributed by atoms with van der Waals surface area (Å²) in [6.07, 6.45) is 1.86. The van der Waals surface area contributed by atoms with Gasteiger partial charge in [0.05, 0.1) is 24.0 Å². The molecule has 0 fully saturated rings. The lowest BCUT2D eigenvalue weighted by molar-refractivity contribution is 0.414. The third-order valence-corrected chi connectivity index (χ3v) is 4.73. The van der Waals surface area contributed by atoms with Crippen molar-refractivity contribution in [3.05, 3.63) is 76.3 Å². The largest absolute Gasteiger partial charge is 0.497 e. The Balaban J connectivity index is 1.72. The van der Waals surface area contributed by atoms with Gasteiger partial charge in [0.2, 0.25) is 0 Å². The number of rotatable bonds is 6. The SMILES string of the molecule is COc1ccc(-n2ncc([C@@H](C)NCc3ccc(Cl)c(F)c3)c2C)cc1. The number of nitrogens with one attached hydrogen (secondary N) is 1. The lowest BCUT2D eigenvalue weighted by Crippen LogP contribution is -2.18. The van der Waals surface area contributed by atoms with Crippen LogP contribution in [-0.4, -0.2) is 16.9 Å². The number of halogens is 2. The molecule has 0 aliphatic heterocycles. The first-order valence-corrected chi connectivity index (χ1v) is 8.73. The van der Waals surface area contributed by atoms with Crippen molar-refractivity contribution in [2.45, 2.75) is 26.4 Å². The Morgan fingerprint density at radius 2 is 1.96 bits per heavy atom. The van der Waals surface area contributed by atoms with Crippen LogP contribution in [0.15, 0.2) is 48.7 Å². The highest BCUT2D eigenvalue weighted by molar-refractivity contribution is 6.30. The molecule has 1 heterocycles. The predicted octanol–water partition coefficient (Wildman–Crippen LogP) is 4.83. The molecule has 4 nitrogen and oxygen atoms in total. The van der Waals surface area contributed by atoms with Crippen LogP contribution in [0.1, 0.15) is 29.8 Å². The first-order chi connectivity index (χ1) is 12.5. The summed E-state index contributed by atoms with van der Waals surface area (Å²) in [6, 6.07) is 12.7. The summed E-state index contributed by atoms with van der Waals surface area (Å²) in [7, 11) is 1.65. The van der Waals surface area contributed by atoms with Crippen molar-refractivity contribution in [1.29, 1.82) is 0 Å². The fraction of sp³-hybridized carbons (Fsp3) is 0.250. The van der Waals surface area contributed by atoms with Gasteiger partial charge in [-0.15, -0.1) is 0 Å². The van der Waals surface area contributed by atoms with Crippen molar-refractivity contribution in [2.75, 3.05) is 7.11 Å². The second-order valence-electron chi connectivity index (χ2n) is 6.15. The molecule has 2 aromatic carbocycles. The minimum Gasteiger partial charge on any atom is -0.497 e. The molecule has 1 aromatic heterocycles. The van der Waals surface area contributed by atoms with Crippen LogP contribution in [0.4, 0.5) is 4.39 Å². The third-order valence-electron chi connectivity index (χ3n) is 4.43. The van der Waals surface area contributed by atoms with Crippen LogP contribution in [0.3, 0.4) is 0 Å². The number of nitrogens with zero attached hydrogens (tertiary/aromatic N) is 2. The molecule has 0 saturated heterocycles. The van der Waals surface area contributed by atoms with E-state index < -0.39 is 5.82 Å². The van der Waals surface area contributed by atoms with Gasteiger partial charge in [-0.25, -0.2) is 9.07 Å². The predicted molar refractivity (Wildman–Crippen MR) is 102 cm³/mol. The second kappa shape index (κ2) is 7.89. The van der Waals surface area contributed by atoms with E-state index in [1.165, 1.54) is 6.07 Å². The van der Waals surface area contributed by atoms with E-state index in [9.17, 15) is 4.39 Å². The molecule has 0 aliphatic carbocycles. The van der Waals surface area contributed by atoms with Gasteiger partial charge < -0.3 is 10.1 Å². The number of hydrogen-bond acceptors (Lipinski definition) is 3. The van der Waals surface area contributed by atoms with Gasteiger partial charge in [0.25, 0.3) is 0 Å². The molecule has 0 radical (unpaired) electrons. The van der Waals surface area contributed by atoms with E-state index in [2.05, 4.69) is 17.3 Å². The summed E-state index contributed by atoms with van der Waals surface area (Å²) in [5.74, 6) is 0.408. The molecule has 3 rings (SSSR count). The van der Waals surface area contributed by atoms with Crippen molar-refractivity contribution in [2.24, 2.45) is 0 Å². The molecular weight excluding hydrogens is 353 g/mol. The van der Waals surface area contributed by atoms with Crippen molar-refractivity contribution in [3.8, 4) is 11.4 Å². The number of ether oxygens (including phenoxy) is 1. The van der Waals surface area contributed by atoms with Crippen LogP contribution < -0.4 is 10.1 Å². The van der Waals surface area contributed by atoms with Crippen LogP contribution in [0.25, 0.3) is 5.69 Å². The summed E-state index contributed by atoms with van der Waals surface area (Å²) in [4.78, 5) is 0. The maximum Gasteiger partial charge on any atom is 0.142 e. The zero-order chi connectivity index (χ0) is 18.7. The van der Waals surface area contributed by atoms with Crippen LogP contribution >= 0.6 is 11.6 Å². The minimum atomic E-state index is -0.401. The molecule has 1 atom stereocenters. The standard InChI is InChI=1S/C20H21ClFN3O/c1-13(23-11-15-4-9-19(21)20(22)10-15)18-12-24-25(14(18)2)16-5-7-17(26-3)8-6-16/h4-10,12-13,23H,11H2,1-3H3/t13-/m1/s1. The normalized spacial score (nSPS) is 12.2. The van der Waals surface area contributed by atoms with Gasteiger partial charge in [0.1, 0.15) is 11.6 Å². The molecule has 1 N–H and O–H groups in total. The summed E-state index contributed by atoms with van der Waals surface area (Å²) in [5.41, 5.74) is 3.97. The molecule has 0 aliphatic rings. The van der Waals surface area contributed by atoms with E-state index in [4.69, 9.17) is 16.3 Å². The maximum absolute atomic E-state index is 13.6. The molecule has 0 bridgehead atoms. The molecule has 0 unspecified atom stereocenters. The Hall–Kier alpha value is -2.37. The number of benzene rings is 2. The smallest absolute Gasteiger partial charge is 0.142 e. The number of hydrogen-bond donors (Lipinski definition) is 1. The van der Waals surface area contributed by atoms with Crippen molar-refractivity contribution < 1.29 is 9.13 Å². The van der Waals surface area contributed by atoms with Gasteiger partial charge in [-0.1, -0.05) is 17.7 Å². The molecule has 26 heavy (non-hydrogen) atoms. The number of aromatic nitrogens is 2. The first-order valence-electron chi connectivity index (χ1n) is 8.36. The molecular formula is C20H21ClFN3O. The first kappa shape index (κ1) is 18.4. The zero-order valence-electron chi connectivity index (χ0n) is 15.0. The van der Waals surface area contributed by atoms with E-state index in [1.807, 2.05) is 48.1 Å². The lowest BCUT2D eigenvalue weighted by atomic mass is 10.1. The Labute approximate surface area is 157 Å². The average Bonchev–Trinajstić information content (AvgIpc) is 3.04. The van der Waals surface area contributed by atoms with E-state index >= 15 is 0 Å². The van der Waals surface area contributed by atoms with E-state index in [1.54, 1.807) is 13.2 Å². The van der Waals surface area contributed by atoms with Crippen molar-refractivity contribution in [3.63, 3.8) is 0 Å². The molecule has 0 amide bonds. The quantitative estimate of drug-likeness (QED) is 0.672. The molecule has 3 aromatic rings. The topological polar surface area (TPSA) is 39.1 Å². The Bertz CT molecular complexity index is 893. The Morgan fingerprint density at radius 1 is 1.23 bits per heavy atom. The minimum absolute atomic E-state index is 0.0701. The summed E-state index contributed by atoms with van der Waals surface area (Å²) in [6.45, 7) is 4.64.